The maximum absolute atomic E-state index is 12.0. The molecule has 6 nitrogen and oxygen atoms in total. The molecule has 0 aromatic carbocycles. The Balaban J connectivity index is 2.86. The highest BCUT2D eigenvalue weighted by Crippen LogP contribution is 2.31. The Morgan fingerprint density at radius 2 is 1.83 bits per heavy atom. The van der Waals surface area contributed by atoms with Crippen LogP contribution in [-0.4, -0.2) is 24.5 Å². The number of carbonyl (C=O) groups is 3. The smallest absolute Gasteiger partial charge is 0.328 e. The van der Waals surface area contributed by atoms with Crippen LogP contribution in [0.4, 0.5) is 4.79 Å². The summed E-state index contributed by atoms with van der Waals surface area (Å²) in [6, 6.07) is -0.762. The molecule has 0 radical (unpaired) electrons. The Morgan fingerprint density at radius 3 is 2.33 bits per heavy atom. The molecule has 0 spiro atoms. The van der Waals surface area contributed by atoms with E-state index in [-0.39, 0.29) is 13.0 Å². The Bertz CT molecular complexity index is 345. The minimum atomic E-state index is -1.22. The number of imide groups is 2. The average molecular weight is 254 g/mol. The molecule has 0 bridgehead atoms. The van der Waals surface area contributed by atoms with E-state index in [0.717, 1.165) is 12.8 Å². The van der Waals surface area contributed by atoms with Crippen molar-refractivity contribution in [3.8, 4) is 0 Å². The van der Waals surface area contributed by atoms with Gasteiger partial charge in [0.2, 0.25) is 11.8 Å². The lowest BCUT2D eigenvalue weighted by Gasteiger charge is -2.33. The molecule has 6 heteroatoms. The Morgan fingerprint density at radius 1 is 1.22 bits per heavy atom. The van der Waals surface area contributed by atoms with Crippen LogP contribution >= 0.6 is 0 Å². The van der Waals surface area contributed by atoms with Gasteiger partial charge in [-0.1, -0.05) is 26.3 Å². The molecule has 18 heavy (non-hydrogen) atoms. The molecule has 1 fully saturated rings. The molecule has 0 saturated carbocycles. The summed E-state index contributed by atoms with van der Waals surface area (Å²) in [5.74, 6) is -1.09. The summed E-state index contributed by atoms with van der Waals surface area (Å²) >= 11 is 0. The van der Waals surface area contributed by atoms with Crippen molar-refractivity contribution in [2.24, 2.45) is 5.41 Å². The van der Waals surface area contributed by atoms with Crippen molar-refractivity contribution in [3.63, 3.8) is 0 Å². The zero-order valence-electron chi connectivity index (χ0n) is 10.5. The molecule has 100 valence electrons. The second kappa shape index (κ2) is 6.18. The highest BCUT2D eigenvalue weighted by molar-refractivity contribution is 6.19. The molecule has 0 aromatic rings. The topological polar surface area (TPSA) is 84.5 Å². The third kappa shape index (κ3) is 2.88. The first kappa shape index (κ1) is 14.2. The molecular formula is C12H18N2O4. The van der Waals surface area contributed by atoms with Gasteiger partial charge in [-0.3, -0.25) is 20.2 Å². The zero-order chi connectivity index (χ0) is 13.6. The Kier molecular flexibility index (Phi) is 4.88. The van der Waals surface area contributed by atoms with Crippen molar-refractivity contribution in [2.75, 3.05) is 6.61 Å². The normalized spacial score (nSPS) is 17.9. The van der Waals surface area contributed by atoms with E-state index in [1.807, 2.05) is 6.92 Å². The van der Waals surface area contributed by atoms with Gasteiger partial charge in [-0.25, -0.2) is 4.79 Å². The fourth-order valence-corrected chi connectivity index (χ4v) is 1.95. The van der Waals surface area contributed by atoms with Crippen LogP contribution in [0.3, 0.4) is 0 Å². The first-order valence-corrected chi connectivity index (χ1v) is 5.96. The van der Waals surface area contributed by atoms with Gasteiger partial charge in [0.05, 0.1) is 12.9 Å². The van der Waals surface area contributed by atoms with Gasteiger partial charge in [-0.2, -0.15) is 0 Å². The molecular weight excluding hydrogens is 236 g/mol. The molecule has 1 rings (SSSR count). The molecule has 1 saturated heterocycles. The molecule has 4 amide bonds. The molecule has 0 atom stereocenters. The largest absolute Gasteiger partial charge is 0.502 e. The first-order valence-electron chi connectivity index (χ1n) is 5.96. The van der Waals surface area contributed by atoms with E-state index in [0.29, 0.717) is 6.42 Å². The molecule has 1 heterocycles. The van der Waals surface area contributed by atoms with E-state index in [4.69, 9.17) is 4.74 Å². The van der Waals surface area contributed by atoms with Crippen LogP contribution < -0.4 is 10.6 Å². The summed E-state index contributed by atoms with van der Waals surface area (Å²) in [6.07, 6.45) is 3.47. The van der Waals surface area contributed by atoms with E-state index in [1.165, 1.54) is 6.26 Å². The lowest BCUT2D eigenvalue weighted by Crippen LogP contribution is -2.62. The van der Waals surface area contributed by atoms with E-state index in [1.54, 1.807) is 0 Å². The second-order valence-electron chi connectivity index (χ2n) is 4.21. The van der Waals surface area contributed by atoms with Crippen molar-refractivity contribution in [3.05, 3.63) is 12.8 Å². The lowest BCUT2D eigenvalue weighted by molar-refractivity contribution is -0.146. The lowest BCUT2D eigenvalue weighted by atomic mass is 9.77. The monoisotopic (exact) mass is 254 g/mol. The number of hydrogen-bond donors (Lipinski definition) is 2. The molecule has 1 aliphatic heterocycles. The fraction of sp³-hybridized carbons (Fsp3) is 0.583. The third-order valence-corrected chi connectivity index (χ3v) is 3.05. The highest BCUT2D eigenvalue weighted by atomic mass is 16.5. The average Bonchev–Trinajstić information content (AvgIpc) is 2.31. The molecule has 0 aliphatic carbocycles. The molecule has 1 aliphatic rings. The van der Waals surface area contributed by atoms with Crippen LogP contribution in [0.25, 0.3) is 0 Å². The first-order chi connectivity index (χ1) is 8.56. The Hall–Kier alpha value is -1.85. The van der Waals surface area contributed by atoms with E-state index in [9.17, 15) is 14.4 Å². The summed E-state index contributed by atoms with van der Waals surface area (Å²) < 4.78 is 4.98. The van der Waals surface area contributed by atoms with Gasteiger partial charge in [0.15, 0.2) is 0 Å². The number of urea groups is 1. The molecule has 0 unspecified atom stereocenters. The summed E-state index contributed by atoms with van der Waals surface area (Å²) in [7, 11) is 0. The highest BCUT2D eigenvalue weighted by Gasteiger charge is 2.49. The number of barbiturate groups is 1. The maximum atomic E-state index is 12.0. The van der Waals surface area contributed by atoms with Crippen LogP contribution in [0.5, 0.6) is 0 Å². The van der Waals surface area contributed by atoms with Crippen molar-refractivity contribution in [1.82, 2.24) is 10.6 Å². The minimum absolute atomic E-state index is 0.211. The number of amides is 4. The SMILES string of the molecule is C=COCCC1(CCCC)C(=O)NC(=O)NC1=O. The van der Waals surface area contributed by atoms with Crippen LogP contribution in [0.2, 0.25) is 0 Å². The van der Waals surface area contributed by atoms with Gasteiger partial charge >= 0.3 is 6.03 Å². The van der Waals surface area contributed by atoms with Gasteiger partial charge in [0, 0.05) is 6.42 Å². The van der Waals surface area contributed by atoms with Gasteiger partial charge in [0.25, 0.3) is 0 Å². The maximum Gasteiger partial charge on any atom is 0.328 e. The van der Waals surface area contributed by atoms with E-state index in [2.05, 4.69) is 17.2 Å². The van der Waals surface area contributed by atoms with Crippen LogP contribution in [-0.2, 0) is 14.3 Å². The Labute approximate surface area is 106 Å². The van der Waals surface area contributed by atoms with Gasteiger partial charge in [-0.15, -0.1) is 0 Å². The zero-order valence-corrected chi connectivity index (χ0v) is 10.5. The summed E-state index contributed by atoms with van der Waals surface area (Å²) in [5, 5.41) is 4.29. The molecule has 0 aromatic heterocycles. The van der Waals surface area contributed by atoms with Crippen molar-refractivity contribution in [2.45, 2.75) is 32.6 Å². The van der Waals surface area contributed by atoms with E-state index >= 15 is 0 Å². The number of hydrogen-bond acceptors (Lipinski definition) is 4. The third-order valence-electron chi connectivity index (χ3n) is 3.05. The summed E-state index contributed by atoms with van der Waals surface area (Å²) in [4.78, 5) is 35.0. The van der Waals surface area contributed by atoms with Gasteiger partial charge < -0.3 is 4.74 Å². The quantitative estimate of drug-likeness (QED) is 0.404. The number of nitrogens with one attached hydrogen (secondary N) is 2. The number of ether oxygens (including phenoxy) is 1. The minimum Gasteiger partial charge on any atom is -0.502 e. The molecule has 2 N–H and O–H groups in total. The second-order valence-corrected chi connectivity index (χ2v) is 4.21. The number of unbranched alkanes of at least 4 members (excludes halogenated alkanes) is 1. The van der Waals surface area contributed by atoms with Crippen LogP contribution in [0.1, 0.15) is 32.6 Å². The summed E-state index contributed by atoms with van der Waals surface area (Å²) in [5.41, 5.74) is -1.22. The predicted molar refractivity (Wildman–Crippen MR) is 64.4 cm³/mol. The predicted octanol–water partition coefficient (Wildman–Crippen LogP) is 1.08. The number of carbonyl (C=O) groups excluding carboxylic acids is 3. The van der Waals surface area contributed by atoms with Crippen LogP contribution in [0, 0.1) is 5.41 Å². The van der Waals surface area contributed by atoms with Gasteiger partial charge in [-0.05, 0) is 6.42 Å². The van der Waals surface area contributed by atoms with E-state index < -0.39 is 23.3 Å². The standard InChI is InChI=1S/C12H18N2O4/c1-3-5-6-12(7-8-18-4-2)9(15)13-11(17)14-10(12)16/h4H,2-3,5-8H2,1H3,(H2,13,14,15,16,17). The number of rotatable bonds is 7. The fourth-order valence-electron chi connectivity index (χ4n) is 1.95. The van der Waals surface area contributed by atoms with Crippen molar-refractivity contribution in [1.29, 1.82) is 0 Å². The van der Waals surface area contributed by atoms with Crippen molar-refractivity contribution < 1.29 is 19.1 Å². The van der Waals surface area contributed by atoms with Gasteiger partial charge in [0.1, 0.15) is 5.41 Å². The van der Waals surface area contributed by atoms with Crippen LogP contribution in [0.15, 0.2) is 12.8 Å². The van der Waals surface area contributed by atoms with Crippen molar-refractivity contribution >= 4 is 17.8 Å². The summed E-state index contributed by atoms with van der Waals surface area (Å²) in [6.45, 7) is 5.58.